The van der Waals surface area contributed by atoms with E-state index in [2.05, 4.69) is 25.5 Å². The molecule has 0 unspecified atom stereocenters. The highest BCUT2D eigenvalue weighted by molar-refractivity contribution is 6.34. The van der Waals surface area contributed by atoms with Crippen LogP contribution in [0.25, 0.3) is 11.0 Å². The first-order chi connectivity index (χ1) is 8.34. The first-order valence-electron chi connectivity index (χ1n) is 5.01. The van der Waals surface area contributed by atoms with E-state index in [1.807, 2.05) is 30.3 Å². The molecule has 0 fully saturated rings. The van der Waals surface area contributed by atoms with Crippen molar-refractivity contribution in [2.24, 2.45) is 0 Å². The van der Waals surface area contributed by atoms with E-state index < -0.39 is 0 Å². The molecule has 3 aromatic rings. The van der Waals surface area contributed by atoms with Gasteiger partial charge in [0.15, 0.2) is 5.65 Å². The van der Waals surface area contributed by atoms with Gasteiger partial charge in [0.25, 0.3) is 0 Å². The minimum absolute atomic E-state index is 0.377. The average molecular weight is 246 g/mol. The van der Waals surface area contributed by atoms with E-state index in [0.717, 1.165) is 5.69 Å². The lowest BCUT2D eigenvalue weighted by Gasteiger charge is -2.03. The van der Waals surface area contributed by atoms with Crippen molar-refractivity contribution in [2.45, 2.75) is 0 Å². The van der Waals surface area contributed by atoms with Gasteiger partial charge < -0.3 is 5.32 Å². The molecule has 6 heteroatoms. The van der Waals surface area contributed by atoms with Crippen molar-refractivity contribution >= 4 is 34.1 Å². The predicted molar refractivity (Wildman–Crippen MR) is 66.4 cm³/mol. The second-order valence-electron chi connectivity index (χ2n) is 3.45. The minimum Gasteiger partial charge on any atom is -0.340 e. The maximum atomic E-state index is 6.02. The lowest BCUT2D eigenvalue weighted by molar-refractivity contribution is 1.09. The van der Waals surface area contributed by atoms with Crippen LogP contribution in [-0.2, 0) is 0 Å². The number of anilines is 2. The number of nitrogens with zero attached hydrogens (tertiary/aromatic N) is 3. The number of halogens is 1. The highest BCUT2D eigenvalue weighted by atomic mass is 35.5. The van der Waals surface area contributed by atoms with Crippen molar-refractivity contribution in [1.29, 1.82) is 0 Å². The molecule has 5 nitrogen and oxygen atoms in total. The number of aromatic amines is 1. The summed E-state index contributed by atoms with van der Waals surface area (Å²) in [6, 6.07) is 9.74. The van der Waals surface area contributed by atoms with Gasteiger partial charge in [0.05, 0.1) is 0 Å². The lowest BCUT2D eigenvalue weighted by atomic mass is 10.3. The molecule has 3 rings (SSSR count). The monoisotopic (exact) mass is 245 g/mol. The molecule has 0 saturated carbocycles. The first-order valence-corrected chi connectivity index (χ1v) is 5.39. The Balaban J connectivity index is 2.07. The molecule has 0 amide bonds. The Kier molecular flexibility index (Phi) is 2.38. The van der Waals surface area contributed by atoms with Crippen molar-refractivity contribution < 1.29 is 0 Å². The van der Waals surface area contributed by atoms with Crippen LogP contribution in [0.1, 0.15) is 0 Å². The van der Waals surface area contributed by atoms with E-state index in [1.54, 1.807) is 0 Å². The Hall–Kier alpha value is -2.14. The fourth-order valence-electron chi connectivity index (χ4n) is 1.58. The Bertz CT molecular complexity index is 649. The molecule has 0 radical (unpaired) electrons. The van der Waals surface area contributed by atoms with Crippen LogP contribution >= 0.6 is 11.6 Å². The lowest BCUT2D eigenvalue weighted by Crippen LogP contribution is -1.91. The van der Waals surface area contributed by atoms with Gasteiger partial charge in [-0.15, -0.1) is 0 Å². The van der Waals surface area contributed by atoms with Gasteiger partial charge in [0, 0.05) is 5.69 Å². The van der Waals surface area contributed by atoms with E-state index in [0.29, 0.717) is 22.0 Å². The van der Waals surface area contributed by atoms with Crippen LogP contribution in [-0.4, -0.2) is 20.2 Å². The third kappa shape index (κ3) is 1.81. The molecule has 84 valence electrons. The molecule has 17 heavy (non-hydrogen) atoms. The number of fused-ring (bicyclic) bond motifs is 1. The molecule has 0 aliphatic carbocycles. The molecule has 0 atom stereocenters. The number of para-hydroxylation sites is 1. The minimum atomic E-state index is 0.377. The van der Waals surface area contributed by atoms with Crippen LogP contribution in [0.5, 0.6) is 0 Å². The number of H-pyrrole nitrogens is 1. The Morgan fingerprint density at radius 3 is 2.76 bits per heavy atom. The number of hydrogen-bond acceptors (Lipinski definition) is 4. The number of benzene rings is 1. The fourth-order valence-corrected chi connectivity index (χ4v) is 1.80. The van der Waals surface area contributed by atoms with Gasteiger partial charge in [-0.25, -0.2) is 9.97 Å². The molecule has 0 aliphatic heterocycles. The third-order valence-electron chi connectivity index (χ3n) is 2.35. The molecule has 2 N–H and O–H groups in total. The maximum Gasteiger partial charge on any atom is 0.187 e. The number of rotatable bonds is 2. The van der Waals surface area contributed by atoms with Crippen LogP contribution in [0.4, 0.5) is 11.5 Å². The van der Waals surface area contributed by atoms with E-state index in [1.165, 1.54) is 6.33 Å². The van der Waals surface area contributed by atoms with Gasteiger partial charge in [-0.05, 0) is 12.1 Å². The average Bonchev–Trinajstić information content (AvgIpc) is 2.75. The van der Waals surface area contributed by atoms with E-state index >= 15 is 0 Å². The molecule has 0 spiro atoms. The standard InChI is InChI=1S/C11H8ClN5/c12-9-8-10(14-6-13-9)16-17-11(8)15-7-4-2-1-3-5-7/h1-6H,(H2,13,14,15,16,17). The molecule has 1 aromatic carbocycles. The van der Waals surface area contributed by atoms with Crippen LogP contribution in [0.15, 0.2) is 36.7 Å². The van der Waals surface area contributed by atoms with E-state index in [-0.39, 0.29) is 0 Å². The number of aromatic nitrogens is 4. The van der Waals surface area contributed by atoms with Gasteiger partial charge in [-0.2, -0.15) is 5.10 Å². The van der Waals surface area contributed by atoms with Crippen LogP contribution in [0.2, 0.25) is 5.15 Å². The quantitative estimate of drug-likeness (QED) is 0.682. The molecule has 0 aliphatic rings. The summed E-state index contributed by atoms with van der Waals surface area (Å²) in [5.74, 6) is 0.691. The highest BCUT2D eigenvalue weighted by Gasteiger charge is 2.10. The Morgan fingerprint density at radius 2 is 1.94 bits per heavy atom. The van der Waals surface area contributed by atoms with Gasteiger partial charge in [0.2, 0.25) is 0 Å². The fraction of sp³-hybridized carbons (Fsp3) is 0. The largest absolute Gasteiger partial charge is 0.340 e. The van der Waals surface area contributed by atoms with Crippen molar-refractivity contribution in [3.63, 3.8) is 0 Å². The summed E-state index contributed by atoms with van der Waals surface area (Å²) in [4.78, 5) is 7.96. The molecule has 0 saturated heterocycles. The normalized spacial score (nSPS) is 10.6. The maximum absolute atomic E-state index is 6.02. The summed E-state index contributed by atoms with van der Waals surface area (Å²) in [7, 11) is 0. The molecular formula is C11H8ClN5. The van der Waals surface area contributed by atoms with E-state index in [4.69, 9.17) is 11.6 Å². The zero-order valence-corrected chi connectivity index (χ0v) is 9.44. The second-order valence-corrected chi connectivity index (χ2v) is 3.81. The zero-order valence-electron chi connectivity index (χ0n) is 8.68. The van der Waals surface area contributed by atoms with Crippen molar-refractivity contribution in [3.8, 4) is 0 Å². The zero-order chi connectivity index (χ0) is 11.7. The van der Waals surface area contributed by atoms with Gasteiger partial charge in [0.1, 0.15) is 22.7 Å². The Morgan fingerprint density at radius 1 is 1.12 bits per heavy atom. The first kappa shape index (κ1) is 10.0. The molecule has 0 bridgehead atoms. The highest BCUT2D eigenvalue weighted by Crippen LogP contribution is 2.27. The topological polar surface area (TPSA) is 66.5 Å². The molecule has 2 heterocycles. The summed E-state index contributed by atoms with van der Waals surface area (Å²) >= 11 is 6.02. The van der Waals surface area contributed by atoms with Gasteiger partial charge >= 0.3 is 0 Å². The van der Waals surface area contributed by atoms with Crippen LogP contribution in [0.3, 0.4) is 0 Å². The molecular weight excluding hydrogens is 238 g/mol. The third-order valence-corrected chi connectivity index (χ3v) is 2.63. The SMILES string of the molecule is Clc1ncnc2n[nH]c(Nc3ccccc3)c12. The smallest absolute Gasteiger partial charge is 0.187 e. The summed E-state index contributed by atoms with van der Waals surface area (Å²) in [5.41, 5.74) is 1.49. The summed E-state index contributed by atoms with van der Waals surface area (Å²) in [6.45, 7) is 0. The predicted octanol–water partition coefficient (Wildman–Crippen LogP) is 2.75. The van der Waals surface area contributed by atoms with Crippen molar-refractivity contribution in [1.82, 2.24) is 20.2 Å². The van der Waals surface area contributed by atoms with Gasteiger partial charge in [-0.3, -0.25) is 5.10 Å². The van der Waals surface area contributed by atoms with Crippen molar-refractivity contribution in [3.05, 3.63) is 41.8 Å². The van der Waals surface area contributed by atoms with Crippen molar-refractivity contribution in [2.75, 3.05) is 5.32 Å². The number of hydrogen-bond donors (Lipinski definition) is 2. The summed E-state index contributed by atoms with van der Waals surface area (Å²) in [5, 5.41) is 11.2. The Labute approximate surface area is 102 Å². The van der Waals surface area contributed by atoms with Crippen LogP contribution in [0, 0.1) is 0 Å². The summed E-state index contributed by atoms with van der Waals surface area (Å²) < 4.78 is 0. The molecule has 2 aromatic heterocycles. The van der Waals surface area contributed by atoms with E-state index in [9.17, 15) is 0 Å². The second kappa shape index (κ2) is 4.03. The summed E-state index contributed by atoms with van der Waals surface area (Å²) in [6.07, 6.45) is 1.39. The number of nitrogens with one attached hydrogen (secondary N) is 2. The van der Waals surface area contributed by atoms with Crippen LogP contribution < -0.4 is 5.32 Å². The van der Waals surface area contributed by atoms with Gasteiger partial charge in [-0.1, -0.05) is 29.8 Å².